The average Bonchev–Trinajstić information content (AvgIpc) is 2.66. The summed E-state index contributed by atoms with van der Waals surface area (Å²) in [6.45, 7) is 9.82. The molecule has 0 atom stereocenters. The van der Waals surface area contributed by atoms with Gasteiger partial charge in [0.05, 0.1) is 5.69 Å². The molecule has 0 radical (unpaired) electrons. The molecule has 3 heteroatoms. The van der Waals surface area contributed by atoms with Crippen molar-refractivity contribution in [2.45, 2.75) is 59.4 Å². The lowest BCUT2D eigenvalue weighted by Gasteiger charge is -2.42. The van der Waals surface area contributed by atoms with E-state index in [-0.39, 0.29) is 0 Å². The molecule has 3 nitrogen and oxygen atoms in total. The zero-order valence-corrected chi connectivity index (χ0v) is 12.1. The van der Waals surface area contributed by atoms with Gasteiger partial charge in [-0.05, 0) is 57.6 Å². The lowest BCUT2D eigenvalue weighted by molar-refractivity contribution is 0.127. The molecule has 0 amide bonds. The van der Waals surface area contributed by atoms with E-state index in [1.54, 1.807) is 0 Å². The summed E-state index contributed by atoms with van der Waals surface area (Å²) >= 11 is 0. The van der Waals surface area contributed by atoms with Crippen LogP contribution in [0.2, 0.25) is 0 Å². The van der Waals surface area contributed by atoms with Crippen LogP contribution in [0, 0.1) is 12.3 Å². The van der Waals surface area contributed by atoms with Crippen LogP contribution in [0.3, 0.4) is 0 Å². The lowest BCUT2D eigenvalue weighted by Crippen LogP contribution is -2.42. The molecule has 1 aromatic rings. The highest BCUT2D eigenvalue weighted by Crippen LogP contribution is 2.43. The third kappa shape index (κ3) is 2.94. The monoisotopic (exact) mass is 249 g/mol. The van der Waals surface area contributed by atoms with Crippen LogP contribution in [0.1, 0.15) is 50.9 Å². The topological polar surface area (TPSA) is 29.9 Å². The Balaban J connectivity index is 2.00. The molecule has 2 rings (SSSR count). The molecule has 0 aliphatic heterocycles. The van der Waals surface area contributed by atoms with Crippen LogP contribution < -0.4 is 5.32 Å². The first-order valence-electron chi connectivity index (χ1n) is 7.43. The number of aromatic nitrogens is 2. The van der Waals surface area contributed by atoms with E-state index in [9.17, 15) is 0 Å². The second kappa shape index (κ2) is 5.87. The molecule has 0 aromatic carbocycles. The first kappa shape index (κ1) is 13.6. The van der Waals surface area contributed by atoms with Crippen molar-refractivity contribution in [1.82, 2.24) is 15.1 Å². The molecular formula is C15H27N3. The molecular weight excluding hydrogens is 222 g/mol. The molecule has 102 valence electrons. The molecule has 1 aliphatic rings. The van der Waals surface area contributed by atoms with Gasteiger partial charge in [-0.2, -0.15) is 5.10 Å². The maximum atomic E-state index is 4.56. The summed E-state index contributed by atoms with van der Waals surface area (Å²) in [6, 6.07) is 2.27. The third-order valence-corrected chi connectivity index (χ3v) is 4.18. The molecule has 0 unspecified atom stereocenters. The number of nitrogens with zero attached hydrogens (tertiary/aromatic N) is 2. The molecule has 0 bridgehead atoms. The Morgan fingerprint density at radius 2 is 2.17 bits per heavy atom. The van der Waals surface area contributed by atoms with Crippen molar-refractivity contribution in [3.8, 4) is 0 Å². The van der Waals surface area contributed by atoms with Crippen LogP contribution >= 0.6 is 0 Å². The zero-order valence-electron chi connectivity index (χ0n) is 12.1. The molecule has 1 saturated carbocycles. The van der Waals surface area contributed by atoms with E-state index in [1.165, 1.54) is 44.3 Å². The first-order valence-corrected chi connectivity index (χ1v) is 7.43. The Morgan fingerprint density at radius 3 is 2.72 bits per heavy atom. The van der Waals surface area contributed by atoms with Gasteiger partial charge < -0.3 is 5.32 Å². The Bertz CT molecular complexity index is 377. The summed E-state index contributed by atoms with van der Waals surface area (Å²) in [6.07, 6.45) is 6.56. The second-order valence-corrected chi connectivity index (χ2v) is 5.80. The van der Waals surface area contributed by atoms with Crippen molar-refractivity contribution < 1.29 is 0 Å². The number of rotatable bonds is 7. The van der Waals surface area contributed by atoms with Crippen molar-refractivity contribution in [2.75, 3.05) is 13.1 Å². The van der Waals surface area contributed by atoms with Gasteiger partial charge in [0.2, 0.25) is 0 Å². The average molecular weight is 249 g/mol. The van der Waals surface area contributed by atoms with E-state index >= 15 is 0 Å². The highest BCUT2D eigenvalue weighted by molar-refractivity contribution is 5.13. The fourth-order valence-corrected chi connectivity index (χ4v) is 3.02. The standard InChI is InChI=1S/C15H27N3/c1-4-9-16-12-15(7-6-8-15)11-14-10-13(3)17-18(14)5-2/h10,16H,4-9,11-12H2,1-3H3. The van der Waals surface area contributed by atoms with Gasteiger partial charge in [-0.25, -0.2) is 0 Å². The summed E-state index contributed by atoms with van der Waals surface area (Å²) in [4.78, 5) is 0. The van der Waals surface area contributed by atoms with Gasteiger partial charge >= 0.3 is 0 Å². The summed E-state index contributed by atoms with van der Waals surface area (Å²) in [5, 5.41) is 8.18. The van der Waals surface area contributed by atoms with Gasteiger partial charge in [-0.15, -0.1) is 0 Å². The number of hydrogen-bond acceptors (Lipinski definition) is 2. The highest BCUT2D eigenvalue weighted by Gasteiger charge is 2.37. The molecule has 18 heavy (non-hydrogen) atoms. The largest absolute Gasteiger partial charge is 0.316 e. The van der Waals surface area contributed by atoms with Crippen LogP contribution in [0.25, 0.3) is 0 Å². The van der Waals surface area contributed by atoms with Crippen LogP contribution in [0.15, 0.2) is 6.07 Å². The number of aryl methyl sites for hydroxylation is 2. The van der Waals surface area contributed by atoms with E-state index in [0.29, 0.717) is 5.41 Å². The first-order chi connectivity index (χ1) is 8.69. The molecule has 0 saturated heterocycles. The molecule has 1 aliphatic carbocycles. The van der Waals surface area contributed by atoms with Gasteiger partial charge in [0, 0.05) is 18.8 Å². The normalized spacial score (nSPS) is 17.7. The van der Waals surface area contributed by atoms with Crippen molar-refractivity contribution in [2.24, 2.45) is 5.41 Å². The summed E-state index contributed by atoms with van der Waals surface area (Å²) in [5.41, 5.74) is 3.09. The van der Waals surface area contributed by atoms with Crippen LogP contribution in [-0.4, -0.2) is 22.9 Å². The minimum atomic E-state index is 0.508. The molecule has 0 spiro atoms. The molecule has 1 heterocycles. The van der Waals surface area contributed by atoms with Gasteiger partial charge in [-0.1, -0.05) is 13.3 Å². The van der Waals surface area contributed by atoms with Crippen LogP contribution in [0.5, 0.6) is 0 Å². The molecule has 1 aromatic heterocycles. The minimum Gasteiger partial charge on any atom is -0.316 e. The Kier molecular flexibility index (Phi) is 4.44. The maximum absolute atomic E-state index is 4.56. The van der Waals surface area contributed by atoms with Crippen molar-refractivity contribution in [3.05, 3.63) is 17.5 Å². The van der Waals surface area contributed by atoms with Crippen LogP contribution in [0.4, 0.5) is 0 Å². The Labute approximate surface area is 111 Å². The summed E-state index contributed by atoms with van der Waals surface area (Å²) in [7, 11) is 0. The van der Waals surface area contributed by atoms with E-state index in [2.05, 4.69) is 41.9 Å². The van der Waals surface area contributed by atoms with E-state index < -0.39 is 0 Å². The quantitative estimate of drug-likeness (QED) is 0.753. The summed E-state index contributed by atoms with van der Waals surface area (Å²) in [5.74, 6) is 0. The molecule has 1 fully saturated rings. The van der Waals surface area contributed by atoms with Gasteiger partial charge in [-0.3, -0.25) is 4.68 Å². The maximum Gasteiger partial charge on any atom is 0.0596 e. The van der Waals surface area contributed by atoms with E-state index in [0.717, 1.165) is 18.8 Å². The zero-order chi connectivity index (χ0) is 13.0. The van der Waals surface area contributed by atoms with Crippen LogP contribution in [-0.2, 0) is 13.0 Å². The van der Waals surface area contributed by atoms with Crippen molar-refractivity contribution >= 4 is 0 Å². The highest BCUT2D eigenvalue weighted by atomic mass is 15.3. The smallest absolute Gasteiger partial charge is 0.0596 e. The van der Waals surface area contributed by atoms with Gasteiger partial charge in [0.15, 0.2) is 0 Å². The lowest BCUT2D eigenvalue weighted by atomic mass is 9.66. The van der Waals surface area contributed by atoms with Crippen molar-refractivity contribution in [1.29, 1.82) is 0 Å². The number of nitrogens with one attached hydrogen (secondary N) is 1. The Hall–Kier alpha value is -0.830. The summed E-state index contributed by atoms with van der Waals surface area (Å²) < 4.78 is 2.18. The second-order valence-electron chi connectivity index (χ2n) is 5.80. The van der Waals surface area contributed by atoms with Gasteiger partial charge in [0.25, 0.3) is 0 Å². The Morgan fingerprint density at radius 1 is 1.39 bits per heavy atom. The fourth-order valence-electron chi connectivity index (χ4n) is 3.02. The number of hydrogen-bond donors (Lipinski definition) is 1. The van der Waals surface area contributed by atoms with E-state index in [4.69, 9.17) is 0 Å². The minimum absolute atomic E-state index is 0.508. The predicted molar refractivity (Wildman–Crippen MR) is 75.8 cm³/mol. The van der Waals surface area contributed by atoms with E-state index in [1.807, 2.05) is 0 Å². The van der Waals surface area contributed by atoms with Gasteiger partial charge in [0.1, 0.15) is 0 Å². The van der Waals surface area contributed by atoms with Crippen molar-refractivity contribution in [3.63, 3.8) is 0 Å². The fraction of sp³-hybridized carbons (Fsp3) is 0.800. The predicted octanol–water partition coefficient (Wildman–Crippen LogP) is 2.92. The molecule has 1 N–H and O–H groups in total. The SMILES string of the molecule is CCCNCC1(Cc2cc(C)nn2CC)CCC1. The third-order valence-electron chi connectivity index (χ3n) is 4.18.